The van der Waals surface area contributed by atoms with Crippen LogP contribution in [0, 0.1) is 5.82 Å². The number of halogens is 2. The van der Waals surface area contributed by atoms with E-state index < -0.39 is 0 Å². The molecule has 1 atom stereocenters. The summed E-state index contributed by atoms with van der Waals surface area (Å²) in [5.74, 6) is -0.259. The van der Waals surface area contributed by atoms with Crippen molar-refractivity contribution < 1.29 is 9.18 Å². The number of benzene rings is 2. The van der Waals surface area contributed by atoms with Gasteiger partial charge in [0.2, 0.25) is 0 Å². The number of carbonyl (C=O) groups is 1. The lowest BCUT2D eigenvalue weighted by Crippen LogP contribution is -2.56. The molecule has 0 radical (unpaired) electrons. The Labute approximate surface area is 172 Å². The fourth-order valence-electron chi connectivity index (χ4n) is 4.28. The molecule has 2 amide bonds. The maximum Gasteiger partial charge on any atom is 0.320 e. The molecule has 28 heavy (non-hydrogen) atoms. The molecule has 0 bridgehead atoms. The van der Waals surface area contributed by atoms with Crippen LogP contribution in [0.25, 0.3) is 0 Å². The molecule has 1 aliphatic heterocycles. The van der Waals surface area contributed by atoms with E-state index in [1.54, 1.807) is 12.1 Å². The van der Waals surface area contributed by atoms with Crippen LogP contribution in [0.3, 0.4) is 0 Å². The molecule has 0 saturated heterocycles. The van der Waals surface area contributed by atoms with Crippen LogP contribution in [0.5, 0.6) is 0 Å². The molecule has 1 heterocycles. The lowest BCUT2D eigenvalue weighted by atomic mass is 9.85. The number of nitrogens with zero attached hydrogens (tertiary/aromatic N) is 2. The fraction of sp³-hybridized carbons (Fsp3) is 0.409. The van der Waals surface area contributed by atoms with Crippen molar-refractivity contribution in [3.63, 3.8) is 0 Å². The Balaban J connectivity index is 0.00000225. The maximum atomic E-state index is 13.5. The van der Waals surface area contributed by atoms with Gasteiger partial charge in [-0.1, -0.05) is 36.4 Å². The Kier molecular flexibility index (Phi) is 6.26. The molecule has 1 saturated carbocycles. The molecular formula is C22H27ClFN3O. The van der Waals surface area contributed by atoms with Crippen molar-refractivity contribution in [1.82, 2.24) is 15.1 Å². The molecule has 2 aliphatic rings. The minimum absolute atomic E-state index is 0. The molecule has 4 nitrogen and oxygen atoms in total. The monoisotopic (exact) mass is 403 g/mol. The van der Waals surface area contributed by atoms with Gasteiger partial charge in [-0.05, 0) is 55.1 Å². The van der Waals surface area contributed by atoms with Crippen molar-refractivity contribution in [1.29, 1.82) is 0 Å². The van der Waals surface area contributed by atoms with Gasteiger partial charge in [0.15, 0.2) is 0 Å². The predicted octanol–water partition coefficient (Wildman–Crippen LogP) is 4.00. The van der Waals surface area contributed by atoms with Crippen molar-refractivity contribution in [2.24, 2.45) is 0 Å². The number of nitrogens with one attached hydrogen (secondary N) is 1. The van der Waals surface area contributed by atoms with E-state index in [1.165, 1.54) is 17.7 Å². The second-order valence-electron chi connectivity index (χ2n) is 7.60. The van der Waals surface area contributed by atoms with Crippen molar-refractivity contribution >= 4 is 18.4 Å². The van der Waals surface area contributed by atoms with Crippen LogP contribution in [0.4, 0.5) is 9.18 Å². The van der Waals surface area contributed by atoms with Gasteiger partial charge in [-0.3, -0.25) is 0 Å². The summed E-state index contributed by atoms with van der Waals surface area (Å²) in [6.07, 6.45) is 2.83. The number of hydrogen-bond donors (Lipinski definition) is 1. The number of rotatable bonds is 3. The Bertz CT molecular complexity index is 823. The largest absolute Gasteiger partial charge is 0.325 e. The number of carbonyl (C=O) groups excluding carboxylic acids is 1. The van der Waals surface area contributed by atoms with E-state index in [9.17, 15) is 9.18 Å². The van der Waals surface area contributed by atoms with Crippen molar-refractivity contribution in [2.45, 2.75) is 37.4 Å². The van der Waals surface area contributed by atoms with Gasteiger partial charge in [0.1, 0.15) is 5.82 Å². The molecule has 0 spiro atoms. The lowest BCUT2D eigenvalue weighted by Gasteiger charge is -2.45. The quantitative estimate of drug-likeness (QED) is 0.840. The maximum absolute atomic E-state index is 13.5. The van der Waals surface area contributed by atoms with E-state index in [4.69, 9.17) is 0 Å². The minimum atomic E-state index is -0.259. The van der Waals surface area contributed by atoms with Gasteiger partial charge in [-0.2, -0.15) is 0 Å². The first-order valence-corrected chi connectivity index (χ1v) is 9.62. The third kappa shape index (κ3) is 3.74. The van der Waals surface area contributed by atoms with Gasteiger partial charge in [-0.25, -0.2) is 9.18 Å². The third-order valence-corrected chi connectivity index (χ3v) is 6.09. The average Bonchev–Trinajstić information content (AvgIpc) is 2.66. The summed E-state index contributed by atoms with van der Waals surface area (Å²) in [6.45, 7) is 0.671. The molecule has 1 fully saturated rings. The van der Waals surface area contributed by atoms with Gasteiger partial charge in [0, 0.05) is 25.7 Å². The van der Waals surface area contributed by atoms with E-state index in [1.807, 2.05) is 36.0 Å². The zero-order valence-corrected chi connectivity index (χ0v) is 17.1. The minimum Gasteiger partial charge on any atom is -0.325 e. The van der Waals surface area contributed by atoms with E-state index in [2.05, 4.69) is 17.4 Å². The molecule has 1 aliphatic carbocycles. The number of urea groups is 1. The van der Waals surface area contributed by atoms with Crippen molar-refractivity contribution in [2.75, 3.05) is 20.6 Å². The number of fused-ring (bicyclic) bond motifs is 1. The topological polar surface area (TPSA) is 35.6 Å². The summed E-state index contributed by atoms with van der Waals surface area (Å²) in [5.41, 5.74) is 3.35. The summed E-state index contributed by atoms with van der Waals surface area (Å²) in [4.78, 5) is 17.2. The van der Waals surface area contributed by atoms with Crippen LogP contribution in [0.2, 0.25) is 0 Å². The number of amides is 2. The zero-order chi connectivity index (χ0) is 19.0. The molecule has 2 aromatic carbocycles. The first-order valence-electron chi connectivity index (χ1n) is 9.62. The van der Waals surface area contributed by atoms with Crippen molar-refractivity contribution in [3.05, 3.63) is 71.0 Å². The molecule has 150 valence electrons. The summed E-state index contributed by atoms with van der Waals surface area (Å²) in [7, 11) is 3.87. The Morgan fingerprint density at radius 2 is 1.82 bits per heavy atom. The predicted molar refractivity (Wildman–Crippen MR) is 111 cm³/mol. The molecule has 2 aromatic rings. The molecule has 0 unspecified atom stereocenters. The second kappa shape index (κ2) is 8.50. The van der Waals surface area contributed by atoms with Gasteiger partial charge < -0.3 is 15.1 Å². The molecular weight excluding hydrogens is 377 g/mol. The summed E-state index contributed by atoms with van der Waals surface area (Å²) in [5, 5.41) is 3.27. The summed E-state index contributed by atoms with van der Waals surface area (Å²) < 4.78 is 13.5. The van der Waals surface area contributed by atoms with Crippen LogP contribution >= 0.6 is 12.4 Å². The highest BCUT2D eigenvalue weighted by atomic mass is 35.5. The Morgan fingerprint density at radius 1 is 1.14 bits per heavy atom. The highest BCUT2D eigenvalue weighted by molar-refractivity contribution is 5.85. The Hall–Kier alpha value is -2.11. The first-order chi connectivity index (χ1) is 13.1. The lowest BCUT2D eigenvalue weighted by molar-refractivity contribution is 0.0973. The van der Waals surface area contributed by atoms with Gasteiger partial charge >= 0.3 is 6.03 Å². The molecule has 1 N–H and O–H groups in total. The Morgan fingerprint density at radius 3 is 2.50 bits per heavy atom. The van der Waals surface area contributed by atoms with Crippen LogP contribution in [0.1, 0.15) is 35.6 Å². The van der Waals surface area contributed by atoms with Gasteiger partial charge in [0.05, 0.1) is 6.04 Å². The highest BCUT2D eigenvalue weighted by Gasteiger charge is 2.38. The summed E-state index contributed by atoms with van der Waals surface area (Å²) in [6, 6.07) is 15.5. The molecule has 4 rings (SSSR count). The summed E-state index contributed by atoms with van der Waals surface area (Å²) >= 11 is 0. The van der Waals surface area contributed by atoms with Crippen LogP contribution in [0.15, 0.2) is 48.5 Å². The van der Waals surface area contributed by atoms with Crippen LogP contribution in [-0.2, 0) is 6.42 Å². The molecule has 0 aromatic heterocycles. The van der Waals surface area contributed by atoms with E-state index in [0.717, 1.165) is 30.4 Å². The van der Waals surface area contributed by atoms with E-state index in [0.29, 0.717) is 12.6 Å². The average molecular weight is 404 g/mol. The second-order valence-corrected chi connectivity index (χ2v) is 7.60. The van der Waals surface area contributed by atoms with Crippen LogP contribution < -0.4 is 5.32 Å². The van der Waals surface area contributed by atoms with Gasteiger partial charge in [-0.15, -0.1) is 12.4 Å². The van der Waals surface area contributed by atoms with Crippen molar-refractivity contribution in [3.8, 4) is 0 Å². The number of hydrogen-bond acceptors (Lipinski definition) is 2. The molecule has 6 heteroatoms. The smallest absolute Gasteiger partial charge is 0.320 e. The first kappa shape index (κ1) is 20.6. The van der Waals surface area contributed by atoms with Crippen LogP contribution in [-0.4, -0.2) is 48.6 Å². The normalized spacial score (nSPS) is 23.2. The zero-order valence-electron chi connectivity index (χ0n) is 16.3. The van der Waals surface area contributed by atoms with Gasteiger partial charge in [0.25, 0.3) is 0 Å². The fourth-order valence-corrected chi connectivity index (χ4v) is 4.28. The van der Waals surface area contributed by atoms with E-state index in [-0.39, 0.29) is 36.3 Å². The third-order valence-electron chi connectivity index (χ3n) is 6.09. The van der Waals surface area contributed by atoms with E-state index >= 15 is 0 Å². The highest BCUT2D eigenvalue weighted by Crippen LogP contribution is 2.36. The standard InChI is InChI=1S/C22H26FN3O.ClH/c1-24-18-13-19(14-18)25(2)22(27)26-12-11-15-5-3-4-6-20(15)21(26)16-7-9-17(23)10-8-16;/h3-10,18-19,21,24H,11-14H2,1-2H3;1H/t18-,19-,21-;/m0./s1. The SMILES string of the molecule is CN[C@H]1C[C@H](N(C)C(=O)N2CCc3ccccc3[C@@H]2c2ccc(F)cc2)C1.Cl.